The van der Waals surface area contributed by atoms with Crippen LogP contribution >= 0.6 is 0 Å². The van der Waals surface area contributed by atoms with Crippen molar-refractivity contribution in [3.8, 4) is 5.75 Å². The Hall–Kier alpha value is -4.01. The van der Waals surface area contributed by atoms with E-state index in [2.05, 4.69) is 79.7 Å². The summed E-state index contributed by atoms with van der Waals surface area (Å²) in [6.45, 7) is 16.8. The number of rotatable bonds is 14. The Balaban J connectivity index is 1.43. The van der Waals surface area contributed by atoms with Crippen LogP contribution in [0.1, 0.15) is 91.7 Å². The van der Waals surface area contributed by atoms with Gasteiger partial charge in [-0.05, 0) is 68.7 Å². The number of carbonyl (C=O) groups excluding carboxylic acids is 1. The number of Topliss-reactive ketones (excluding diaryl/α,β-unsaturated/α-hetero) is 1. The van der Waals surface area contributed by atoms with Crippen LogP contribution in [0.4, 0.5) is 11.4 Å². The summed E-state index contributed by atoms with van der Waals surface area (Å²) in [6.07, 6.45) is 10.5. The number of ketones is 1. The number of hydrogen-bond donors (Lipinski definition) is 1. The minimum Gasteiger partial charge on any atom is -0.493 e. The van der Waals surface area contributed by atoms with Crippen LogP contribution in [0.3, 0.4) is 0 Å². The van der Waals surface area contributed by atoms with Gasteiger partial charge in [-0.15, -0.1) is 0 Å². The van der Waals surface area contributed by atoms with Gasteiger partial charge in [0.05, 0.1) is 16.9 Å². The zero-order valence-corrected chi connectivity index (χ0v) is 31.5. The average molecular weight is 698 g/mol. The summed E-state index contributed by atoms with van der Waals surface area (Å²) < 4.78 is 42.5. The van der Waals surface area contributed by atoms with Crippen LogP contribution in [-0.4, -0.2) is 48.7 Å². The SMILES string of the molecule is CC(C)(C)C(=O)CCCCCN1/C(=C/C=C/C2=[N+](CCCOc3ccccc3)c3ccccc3C2(C)C)C(C)(C)c2cc(S(=O)(=O)O)ccc21. The maximum Gasteiger partial charge on any atom is 0.294 e. The summed E-state index contributed by atoms with van der Waals surface area (Å²) in [5.74, 6) is 1.15. The van der Waals surface area contributed by atoms with E-state index in [1.807, 2.05) is 51.1 Å². The van der Waals surface area contributed by atoms with Gasteiger partial charge in [0, 0.05) is 59.3 Å². The minimum absolute atomic E-state index is 0.102. The van der Waals surface area contributed by atoms with Gasteiger partial charge in [0.25, 0.3) is 10.1 Å². The lowest BCUT2D eigenvalue weighted by Gasteiger charge is -2.27. The fourth-order valence-corrected chi connectivity index (χ4v) is 7.71. The maximum absolute atomic E-state index is 12.5. The predicted octanol–water partition coefficient (Wildman–Crippen LogP) is 9.19. The summed E-state index contributed by atoms with van der Waals surface area (Å²) in [4.78, 5) is 14.7. The molecule has 0 aliphatic carbocycles. The van der Waals surface area contributed by atoms with E-state index >= 15 is 0 Å². The number of fused-ring (bicyclic) bond motifs is 2. The molecule has 50 heavy (non-hydrogen) atoms. The number of benzene rings is 3. The van der Waals surface area contributed by atoms with Crippen molar-refractivity contribution in [3.05, 3.63) is 108 Å². The van der Waals surface area contributed by atoms with Gasteiger partial charge in [0.15, 0.2) is 12.3 Å². The lowest BCUT2D eigenvalue weighted by atomic mass is 9.81. The summed E-state index contributed by atoms with van der Waals surface area (Å²) in [6, 6.07) is 23.4. The van der Waals surface area contributed by atoms with Crippen LogP contribution in [-0.2, 0) is 25.7 Å². The number of anilines is 1. The fraction of sp³-hybridized carbons (Fsp3) is 0.429. The van der Waals surface area contributed by atoms with E-state index in [1.54, 1.807) is 12.1 Å². The van der Waals surface area contributed by atoms with E-state index < -0.39 is 15.5 Å². The molecule has 2 aliphatic rings. The molecule has 0 saturated carbocycles. The number of nitrogens with zero attached hydrogens (tertiary/aromatic N) is 2. The molecule has 0 atom stereocenters. The van der Waals surface area contributed by atoms with Gasteiger partial charge in [-0.2, -0.15) is 13.0 Å². The first-order valence-corrected chi connectivity index (χ1v) is 19.2. The normalized spacial score (nSPS) is 17.4. The van der Waals surface area contributed by atoms with E-state index in [4.69, 9.17) is 4.74 Å². The molecule has 0 amide bonds. The standard InChI is InChI=1S/C42H52N2O5S/c1-40(2,3)39(45)24-12-9-15-27-43-36-26-25-32(50(46,47)48)30-34(36)42(6,7)38(43)23-16-22-37-41(4,5)33-20-13-14-21-35(33)44(37)28-17-29-49-31-18-10-8-11-19-31/h8,10-11,13-14,16,18-23,25-26,30H,9,12,15,17,24,27-29H2,1-7H3/p+1. The highest BCUT2D eigenvalue weighted by Crippen LogP contribution is 2.49. The third-order valence-corrected chi connectivity index (χ3v) is 11.0. The molecule has 0 bridgehead atoms. The molecular formula is C42H53N2O5S+. The van der Waals surface area contributed by atoms with Gasteiger partial charge < -0.3 is 9.64 Å². The molecule has 0 saturated heterocycles. The van der Waals surface area contributed by atoms with Crippen LogP contribution in [0.15, 0.2) is 102 Å². The summed E-state index contributed by atoms with van der Waals surface area (Å²) >= 11 is 0. The Labute approximate surface area is 299 Å². The number of unbranched alkanes of at least 4 members (excludes halogenated alkanes) is 2. The monoisotopic (exact) mass is 697 g/mol. The van der Waals surface area contributed by atoms with Gasteiger partial charge in [-0.25, -0.2) is 0 Å². The Morgan fingerprint density at radius 2 is 1.58 bits per heavy atom. The zero-order valence-electron chi connectivity index (χ0n) is 30.7. The van der Waals surface area contributed by atoms with Crippen molar-refractivity contribution in [2.75, 3.05) is 24.6 Å². The fourth-order valence-electron chi connectivity index (χ4n) is 7.20. The first-order valence-electron chi connectivity index (χ1n) is 17.8. The van der Waals surface area contributed by atoms with Crippen molar-refractivity contribution >= 4 is 33.0 Å². The van der Waals surface area contributed by atoms with Crippen molar-refractivity contribution < 1.29 is 27.1 Å². The highest BCUT2D eigenvalue weighted by molar-refractivity contribution is 7.85. The first-order chi connectivity index (χ1) is 23.5. The first kappa shape index (κ1) is 37.3. The summed E-state index contributed by atoms with van der Waals surface area (Å²) in [7, 11) is -4.35. The minimum atomic E-state index is -4.35. The van der Waals surface area contributed by atoms with E-state index in [-0.39, 0.29) is 21.5 Å². The van der Waals surface area contributed by atoms with Gasteiger partial charge >= 0.3 is 0 Å². The Morgan fingerprint density at radius 3 is 2.28 bits per heavy atom. The number of para-hydroxylation sites is 2. The van der Waals surface area contributed by atoms with Crippen LogP contribution in [0.2, 0.25) is 0 Å². The molecular weight excluding hydrogens is 645 g/mol. The molecule has 0 fully saturated rings. The molecule has 3 aromatic rings. The van der Waals surface area contributed by atoms with Crippen molar-refractivity contribution in [3.63, 3.8) is 0 Å². The molecule has 5 rings (SSSR count). The topological polar surface area (TPSA) is 86.9 Å². The molecule has 7 nitrogen and oxygen atoms in total. The summed E-state index contributed by atoms with van der Waals surface area (Å²) in [5.41, 5.74) is 5.49. The number of hydrogen-bond acceptors (Lipinski definition) is 5. The van der Waals surface area contributed by atoms with Crippen LogP contribution in [0, 0.1) is 5.41 Å². The van der Waals surface area contributed by atoms with Gasteiger partial charge in [-0.1, -0.05) is 83.5 Å². The molecule has 8 heteroatoms. The van der Waals surface area contributed by atoms with Crippen molar-refractivity contribution in [2.24, 2.45) is 5.41 Å². The second-order valence-corrected chi connectivity index (χ2v) is 16.9. The smallest absolute Gasteiger partial charge is 0.294 e. The van der Waals surface area contributed by atoms with Gasteiger partial charge in [-0.3, -0.25) is 9.35 Å². The largest absolute Gasteiger partial charge is 0.493 e. The molecule has 0 unspecified atom stereocenters. The lowest BCUT2D eigenvalue weighted by molar-refractivity contribution is -0.438. The third-order valence-electron chi connectivity index (χ3n) is 10.1. The molecule has 266 valence electrons. The Morgan fingerprint density at radius 1 is 0.880 bits per heavy atom. The Bertz CT molecular complexity index is 1910. The molecule has 0 radical (unpaired) electrons. The average Bonchev–Trinajstić information content (AvgIpc) is 3.40. The second kappa shape index (κ2) is 14.7. The van der Waals surface area contributed by atoms with E-state index in [0.29, 0.717) is 13.0 Å². The molecule has 0 spiro atoms. The maximum atomic E-state index is 12.5. The quantitative estimate of drug-likeness (QED) is 0.103. The van der Waals surface area contributed by atoms with Crippen molar-refractivity contribution in [1.82, 2.24) is 0 Å². The number of carbonyl (C=O) groups is 1. The second-order valence-electron chi connectivity index (χ2n) is 15.5. The van der Waals surface area contributed by atoms with E-state index in [9.17, 15) is 17.8 Å². The molecule has 2 aliphatic heterocycles. The van der Waals surface area contributed by atoms with Crippen molar-refractivity contribution in [1.29, 1.82) is 0 Å². The highest BCUT2D eigenvalue weighted by atomic mass is 32.2. The highest BCUT2D eigenvalue weighted by Gasteiger charge is 2.44. The Kier molecular flexibility index (Phi) is 10.9. The van der Waals surface area contributed by atoms with Crippen LogP contribution in [0.5, 0.6) is 5.75 Å². The number of allylic oxidation sites excluding steroid dienone is 4. The number of ether oxygens (including phenoxy) is 1. The van der Waals surface area contributed by atoms with E-state index in [1.165, 1.54) is 23.0 Å². The van der Waals surface area contributed by atoms with Gasteiger partial charge in [0.1, 0.15) is 11.5 Å². The van der Waals surface area contributed by atoms with Crippen LogP contribution in [0.25, 0.3) is 0 Å². The predicted molar refractivity (Wildman–Crippen MR) is 203 cm³/mol. The van der Waals surface area contributed by atoms with E-state index in [0.717, 1.165) is 61.5 Å². The molecule has 2 heterocycles. The zero-order chi connectivity index (χ0) is 36.3. The molecule has 3 aromatic carbocycles. The van der Waals surface area contributed by atoms with Gasteiger partial charge in [0.2, 0.25) is 5.69 Å². The molecule has 1 N–H and O–H groups in total. The molecule has 0 aromatic heterocycles. The summed E-state index contributed by atoms with van der Waals surface area (Å²) in [5, 5.41) is 0. The lowest BCUT2D eigenvalue weighted by Crippen LogP contribution is -2.28. The van der Waals surface area contributed by atoms with Crippen LogP contribution < -0.4 is 9.64 Å². The van der Waals surface area contributed by atoms with Crippen molar-refractivity contribution in [2.45, 2.75) is 96.3 Å². The third kappa shape index (κ3) is 7.97.